The molecule has 0 radical (unpaired) electrons. The minimum absolute atomic E-state index is 0.0503. The van der Waals surface area contributed by atoms with Gasteiger partial charge in [-0.1, -0.05) is 43.0 Å². The first kappa shape index (κ1) is 17.5. The van der Waals surface area contributed by atoms with Crippen molar-refractivity contribution in [1.29, 1.82) is 0 Å². The van der Waals surface area contributed by atoms with Crippen LogP contribution >= 0.6 is 11.8 Å². The number of hydrogen-bond acceptors (Lipinski definition) is 5. The van der Waals surface area contributed by atoms with Gasteiger partial charge in [0.25, 0.3) is 0 Å². The van der Waals surface area contributed by atoms with E-state index in [-0.39, 0.29) is 11.2 Å². The first-order valence-corrected chi connectivity index (χ1v) is 8.47. The van der Waals surface area contributed by atoms with E-state index < -0.39 is 0 Å². The normalized spacial score (nSPS) is 12.1. The number of carbonyl (C=O) groups excluding carboxylic acids is 1. The maximum Gasteiger partial charge on any atom is 0.233 e. The largest absolute Gasteiger partial charge is 0.383 e. The van der Waals surface area contributed by atoms with Crippen LogP contribution in [-0.2, 0) is 16.0 Å². The number of aromatic amines is 1. The van der Waals surface area contributed by atoms with Crippen molar-refractivity contribution in [3.63, 3.8) is 0 Å². The number of rotatable bonds is 8. The first-order chi connectivity index (χ1) is 11.1. The number of carbonyl (C=O) groups is 1. The average molecular weight is 334 g/mol. The van der Waals surface area contributed by atoms with Crippen LogP contribution < -0.4 is 5.32 Å². The zero-order valence-electron chi connectivity index (χ0n) is 13.6. The molecule has 7 heteroatoms. The second-order valence-electron chi connectivity index (χ2n) is 5.06. The molecule has 1 aromatic carbocycles. The molecule has 0 fully saturated rings. The van der Waals surface area contributed by atoms with Crippen LogP contribution in [0.3, 0.4) is 0 Å². The van der Waals surface area contributed by atoms with Crippen LogP contribution in [0.1, 0.15) is 19.4 Å². The van der Waals surface area contributed by atoms with E-state index in [1.165, 1.54) is 17.3 Å². The van der Waals surface area contributed by atoms with Gasteiger partial charge in [0.2, 0.25) is 11.1 Å². The molecular weight excluding hydrogens is 312 g/mol. The van der Waals surface area contributed by atoms with Crippen molar-refractivity contribution in [1.82, 2.24) is 20.5 Å². The van der Waals surface area contributed by atoms with Crippen LogP contribution in [0.4, 0.5) is 0 Å². The van der Waals surface area contributed by atoms with Crippen molar-refractivity contribution in [3.05, 3.63) is 29.8 Å². The Labute approximate surface area is 140 Å². The Morgan fingerprint density at radius 2 is 2.13 bits per heavy atom. The molecule has 0 spiro atoms. The summed E-state index contributed by atoms with van der Waals surface area (Å²) >= 11 is 1.33. The van der Waals surface area contributed by atoms with Crippen LogP contribution in [0.2, 0.25) is 0 Å². The highest BCUT2D eigenvalue weighted by atomic mass is 32.2. The summed E-state index contributed by atoms with van der Waals surface area (Å²) in [5.41, 5.74) is 2.27. The summed E-state index contributed by atoms with van der Waals surface area (Å²) < 4.78 is 4.91. The van der Waals surface area contributed by atoms with Gasteiger partial charge >= 0.3 is 0 Å². The van der Waals surface area contributed by atoms with Gasteiger partial charge < -0.3 is 10.1 Å². The maximum atomic E-state index is 11.9. The quantitative estimate of drug-likeness (QED) is 0.572. The minimum Gasteiger partial charge on any atom is -0.383 e. The third-order valence-electron chi connectivity index (χ3n) is 3.36. The third kappa shape index (κ3) is 5.07. The summed E-state index contributed by atoms with van der Waals surface area (Å²) in [5, 5.41) is 10.2. The number of nitrogens with one attached hydrogen (secondary N) is 2. The third-order valence-corrected chi connectivity index (χ3v) is 4.32. The predicted molar refractivity (Wildman–Crippen MR) is 91.4 cm³/mol. The van der Waals surface area contributed by atoms with Crippen molar-refractivity contribution < 1.29 is 9.53 Å². The van der Waals surface area contributed by atoms with Crippen LogP contribution in [-0.4, -0.2) is 46.6 Å². The average Bonchev–Trinajstić information content (AvgIpc) is 3.03. The van der Waals surface area contributed by atoms with Gasteiger partial charge in [-0.2, -0.15) is 0 Å². The molecule has 124 valence electrons. The molecule has 2 N–H and O–H groups in total. The standard InChI is InChI=1S/C16H22N4O2S/c1-4-12-5-7-13(8-6-12)14-18-16(20-19-14)23-11(2)15(21)17-9-10-22-3/h5-8,11H,4,9-10H2,1-3H3,(H,17,21)(H,18,19,20)/t11-/m1/s1. The fourth-order valence-corrected chi connectivity index (χ4v) is 2.71. The van der Waals surface area contributed by atoms with E-state index in [0.29, 0.717) is 24.1 Å². The molecular formula is C16H22N4O2S. The van der Waals surface area contributed by atoms with Crippen LogP contribution in [0.15, 0.2) is 29.4 Å². The summed E-state index contributed by atoms with van der Waals surface area (Å²) in [5.74, 6) is 0.660. The molecule has 1 heterocycles. The van der Waals surface area contributed by atoms with Gasteiger partial charge in [-0.05, 0) is 18.9 Å². The van der Waals surface area contributed by atoms with E-state index in [9.17, 15) is 4.79 Å². The molecule has 0 saturated heterocycles. The van der Waals surface area contributed by atoms with Gasteiger partial charge in [0.1, 0.15) is 0 Å². The smallest absolute Gasteiger partial charge is 0.233 e. The Morgan fingerprint density at radius 3 is 2.78 bits per heavy atom. The SMILES string of the molecule is CCc1ccc(-c2nc(S[C@H](C)C(=O)NCCOC)n[nH]2)cc1. The lowest BCUT2D eigenvalue weighted by Gasteiger charge is -2.09. The monoisotopic (exact) mass is 334 g/mol. The topological polar surface area (TPSA) is 79.9 Å². The number of aryl methyl sites for hydroxylation is 1. The van der Waals surface area contributed by atoms with Gasteiger partial charge in [0.15, 0.2) is 5.82 Å². The molecule has 6 nitrogen and oxygen atoms in total. The maximum absolute atomic E-state index is 11.9. The molecule has 0 saturated carbocycles. The van der Waals surface area contributed by atoms with E-state index in [4.69, 9.17) is 4.74 Å². The summed E-state index contributed by atoms with van der Waals surface area (Å²) in [7, 11) is 1.60. The van der Waals surface area contributed by atoms with Gasteiger partial charge in [-0.15, -0.1) is 5.10 Å². The van der Waals surface area contributed by atoms with Crippen LogP contribution in [0.25, 0.3) is 11.4 Å². The Morgan fingerprint density at radius 1 is 1.39 bits per heavy atom. The number of ether oxygens (including phenoxy) is 1. The van der Waals surface area contributed by atoms with E-state index in [2.05, 4.69) is 39.6 Å². The van der Waals surface area contributed by atoms with E-state index in [0.717, 1.165) is 12.0 Å². The highest BCUT2D eigenvalue weighted by Gasteiger charge is 2.17. The minimum atomic E-state index is -0.266. The first-order valence-electron chi connectivity index (χ1n) is 7.59. The highest BCUT2D eigenvalue weighted by Crippen LogP contribution is 2.23. The van der Waals surface area contributed by atoms with Crippen LogP contribution in [0.5, 0.6) is 0 Å². The van der Waals surface area contributed by atoms with Crippen LogP contribution in [0, 0.1) is 0 Å². The number of H-pyrrole nitrogens is 1. The molecule has 2 rings (SSSR count). The fourth-order valence-electron chi connectivity index (χ4n) is 1.96. The lowest BCUT2D eigenvalue weighted by atomic mass is 10.1. The number of hydrogen-bond donors (Lipinski definition) is 2. The molecule has 0 aliphatic heterocycles. The zero-order valence-corrected chi connectivity index (χ0v) is 14.4. The molecule has 0 aliphatic carbocycles. The summed E-state index contributed by atoms with van der Waals surface area (Å²) in [6, 6.07) is 8.20. The van der Waals surface area contributed by atoms with Crippen molar-refractivity contribution in [2.24, 2.45) is 0 Å². The molecule has 0 bridgehead atoms. The molecule has 1 aromatic heterocycles. The second kappa shape index (κ2) is 8.69. The van der Waals surface area contributed by atoms with Gasteiger partial charge in [-0.25, -0.2) is 4.98 Å². The van der Waals surface area contributed by atoms with E-state index >= 15 is 0 Å². The summed E-state index contributed by atoms with van der Waals surface area (Å²) in [6.07, 6.45) is 1.01. The number of thioether (sulfide) groups is 1. The lowest BCUT2D eigenvalue weighted by Crippen LogP contribution is -2.33. The summed E-state index contributed by atoms with van der Waals surface area (Å²) in [6.45, 7) is 4.96. The van der Waals surface area contributed by atoms with Crippen molar-refractivity contribution in [3.8, 4) is 11.4 Å². The number of benzene rings is 1. The molecule has 2 aromatic rings. The van der Waals surface area contributed by atoms with Gasteiger partial charge in [-0.3, -0.25) is 9.89 Å². The predicted octanol–water partition coefficient (Wildman–Crippen LogP) is 2.28. The Hall–Kier alpha value is -1.86. The number of amides is 1. The number of nitrogens with zero attached hydrogens (tertiary/aromatic N) is 2. The number of methoxy groups -OCH3 is 1. The molecule has 0 unspecified atom stereocenters. The van der Waals surface area contributed by atoms with Gasteiger partial charge in [0.05, 0.1) is 11.9 Å². The summed E-state index contributed by atoms with van der Waals surface area (Å²) in [4.78, 5) is 16.4. The highest BCUT2D eigenvalue weighted by molar-refractivity contribution is 8.00. The molecule has 0 aliphatic rings. The Balaban J connectivity index is 1.94. The number of aromatic nitrogens is 3. The fraction of sp³-hybridized carbons (Fsp3) is 0.438. The lowest BCUT2D eigenvalue weighted by molar-refractivity contribution is -0.120. The molecule has 23 heavy (non-hydrogen) atoms. The molecule has 1 amide bonds. The second-order valence-corrected chi connectivity index (χ2v) is 6.37. The van der Waals surface area contributed by atoms with E-state index in [1.807, 2.05) is 19.1 Å². The van der Waals surface area contributed by atoms with Crippen molar-refractivity contribution >= 4 is 17.7 Å². The Bertz CT molecular complexity index is 627. The zero-order chi connectivity index (χ0) is 16.7. The van der Waals surface area contributed by atoms with E-state index in [1.54, 1.807) is 7.11 Å². The molecule has 1 atom stereocenters. The van der Waals surface area contributed by atoms with Crippen molar-refractivity contribution in [2.75, 3.05) is 20.3 Å². The van der Waals surface area contributed by atoms with Crippen molar-refractivity contribution in [2.45, 2.75) is 30.7 Å². The van der Waals surface area contributed by atoms with Gasteiger partial charge in [0, 0.05) is 19.2 Å². The Kier molecular flexibility index (Phi) is 6.61.